The van der Waals surface area contributed by atoms with Gasteiger partial charge in [0.05, 0.1) is 17.5 Å². The van der Waals surface area contributed by atoms with Gasteiger partial charge < -0.3 is 10.6 Å². The Morgan fingerprint density at radius 1 is 1.14 bits per heavy atom. The average Bonchev–Trinajstić information content (AvgIpc) is 3.06. The first-order chi connectivity index (χ1) is 10.1. The van der Waals surface area contributed by atoms with Crippen LogP contribution in [0.3, 0.4) is 0 Å². The molecule has 0 saturated carbocycles. The largest absolute Gasteiger partial charge is 0.351 e. The summed E-state index contributed by atoms with van der Waals surface area (Å²) in [6.07, 6.45) is 4.72. The van der Waals surface area contributed by atoms with Gasteiger partial charge in [-0.15, -0.1) is 0 Å². The number of nitrogens with zero attached hydrogens (tertiary/aromatic N) is 1. The molecule has 3 heterocycles. The van der Waals surface area contributed by atoms with E-state index in [1.165, 1.54) is 0 Å². The summed E-state index contributed by atoms with van der Waals surface area (Å²) in [4.78, 5) is 14.8. The lowest BCUT2D eigenvalue weighted by Gasteiger charge is -2.35. The third-order valence-corrected chi connectivity index (χ3v) is 6.72. The van der Waals surface area contributed by atoms with Gasteiger partial charge in [-0.05, 0) is 51.7 Å². The van der Waals surface area contributed by atoms with Crippen LogP contribution in [0.4, 0.5) is 0 Å². The molecule has 120 valence electrons. The first kappa shape index (κ1) is 15.2. The Hall–Kier alpha value is -0.660. The molecule has 2 atom stereocenters. The molecule has 3 aliphatic rings. The normalized spacial score (nSPS) is 34.1. The monoisotopic (exact) mass is 315 g/mol. The van der Waals surface area contributed by atoms with Crippen molar-refractivity contribution in [2.75, 3.05) is 31.1 Å². The van der Waals surface area contributed by atoms with Crippen molar-refractivity contribution in [3.8, 4) is 0 Å². The second-order valence-corrected chi connectivity index (χ2v) is 8.71. The van der Waals surface area contributed by atoms with Crippen LogP contribution in [0.15, 0.2) is 0 Å². The fourth-order valence-corrected chi connectivity index (χ4v) is 5.53. The second-order valence-electron chi connectivity index (χ2n) is 6.49. The van der Waals surface area contributed by atoms with Crippen LogP contribution in [-0.4, -0.2) is 68.5 Å². The molecular weight excluding hydrogens is 290 g/mol. The zero-order valence-corrected chi connectivity index (χ0v) is 13.2. The van der Waals surface area contributed by atoms with Crippen LogP contribution < -0.4 is 10.6 Å². The van der Waals surface area contributed by atoms with Crippen LogP contribution in [0.5, 0.6) is 0 Å². The van der Waals surface area contributed by atoms with Gasteiger partial charge in [0, 0.05) is 12.1 Å². The number of carbonyl (C=O) groups excluding carboxylic acids is 1. The van der Waals surface area contributed by atoms with Crippen LogP contribution in [0.1, 0.15) is 32.1 Å². The number of rotatable bonds is 3. The van der Waals surface area contributed by atoms with Crippen molar-refractivity contribution < 1.29 is 13.2 Å². The van der Waals surface area contributed by atoms with Crippen molar-refractivity contribution in [1.29, 1.82) is 0 Å². The van der Waals surface area contributed by atoms with Gasteiger partial charge in [0.2, 0.25) is 5.91 Å². The number of hydrogen-bond acceptors (Lipinski definition) is 5. The highest BCUT2D eigenvalue weighted by Crippen LogP contribution is 2.25. The first-order valence-corrected chi connectivity index (χ1v) is 9.84. The Morgan fingerprint density at radius 2 is 1.90 bits per heavy atom. The van der Waals surface area contributed by atoms with Crippen LogP contribution in [-0.2, 0) is 14.6 Å². The Labute approximate surface area is 126 Å². The van der Waals surface area contributed by atoms with Crippen molar-refractivity contribution in [3.05, 3.63) is 0 Å². The fourth-order valence-electron chi connectivity index (χ4n) is 3.85. The van der Waals surface area contributed by atoms with Gasteiger partial charge in [0.25, 0.3) is 0 Å². The Morgan fingerprint density at radius 3 is 2.57 bits per heavy atom. The molecule has 3 rings (SSSR count). The van der Waals surface area contributed by atoms with Crippen molar-refractivity contribution in [2.45, 2.75) is 50.2 Å². The van der Waals surface area contributed by atoms with Gasteiger partial charge in [-0.3, -0.25) is 9.69 Å². The standard InChI is InChI=1S/C14H25N3O3S/c18-14(16-11-5-9-21(19,20)10-11)13-2-1-8-17(13)12-3-6-15-7-4-12/h11-13,15H,1-10H2,(H,16,18). The zero-order chi connectivity index (χ0) is 14.9. The molecule has 0 radical (unpaired) electrons. The molecule has 2 N–H and O–H groups in total. The molecule has 0 spiro atoms. The maximum Gasteiger partial charge on any atom is 0.237 e. The molecule has 0 aromatic rings. The van der Waals surface area contributed by atoms with Crippen LogP contribution in [0.25, 0.3) is 0 Å². The van der Waals surface area contributed by atoms with Crippen LogP contribution in [0, 0.1) is 0 Å². The summed E-state index contributed by atoms with van der Waals surface area (Å²) >= 11 is 0. The summed E-state index contributed by atoms with van der Waals surface area (Å²) in [6, 6.07) is 0.256. The molecule has 0 aromatic heterocycles. The smallest absolute Gasteiger partial charge is 0.237 e. The minimum absolute atomic E-state index is 0.0353. The van der Waals surface area contributed by atoms with Gasteiger partial charge in [-0.1, -0.05) is 0 Å². The van der Waals surface area contributed by atoms with Gasteiger partial charge in [-0.25, -0.2) is 8.42 Å². The zero-order valence-electron chi connectivity index (χ0n) is 12.4. The van der Waals surface area contributed by atoms with Crippen LogP contribution in [0.2, 0.25) is 0 Å². The van der Waals surface area contributed by atoms with E-state index < -0.39 is 9.84 Å². The Balaban J connectivity index is 1.58. The van der Waals surface area contributed by atoms with Crippen molar-refractivity contribution in [2.24, 2.45) is 0 Å². The van der Waals surface area contributed by atoms with E-state index in [0.717, 1.165) is 45.3 Å². The van der Waals surface area contributed by atoms with E-state index in [4.69, 9.17) is 0 Å². The number of piperidine rings is 1. The molecule has 3 saturated heterocycles. The van der Waals surface area contributed by atoms with Crippen LogP contribution >= 0.6 is 0 Å². The van der Waals surface area contributed by atoms with Gasteiger partial charge in [-0.2, -0.15) is 0 Å². The van der Waals surface area contributed by atoms with Crippen molar-refractivity contribution >= 4 is 15.7 Å². The van der Waals surface area contributed by atoms with E-state index in [0.29, 0.717) is 12.5 Å². The first-order valence-electron chi connectivity index (χ1n) is 8.02. The summed E-state index contributed by atoms with van der Waals surface area (Å²) in [5, 5.41) is 6.33. The van der Waals surface area contributed by atoms with Crippen molar-refractivity contribution in [3.63, 3.8) is 0 Å². The lowest BCUT2D eigenvalue weighted by molar-refractivity contribution is -0.127. The highest BCUT2D eigenvalue weighted by Gasteiger charge is 2.37. The lowest BCUT2D eigenvalue weighted by atomic mass is 10.0. The minimum Gasteiger partial charge on any atom is -0.351 e. The highest BCUT2D eigenvalue weighted by atomic mass is 32.2. The van der Waals surface area contributed by atoms with Gasteiger partial charge >= 0.3 is 0 Å². The molecular formula is C14H25N3O3S. The summed E-state index contributed by atoms with van der Waals surface area (Å²) in [5.41, 5.74) is 0. The summed E-state index contributed by atoms with van der Waals surface area (Å²) < 4.78 is 23.0. The molecule has 3 aliphatic heterocycles. The van der Waals surface area contributed by atoms with Gasteiger partial charge in [0.15, 0.2) is 9.84 Å². The maximum absolute atomic E-state index is 12.5. The summed E-state index contributed by atoms with van der Waals surface area (Å²) in [6.45, 7) is 3.04. The molecule has 0 aliphatic carbocycles. The maximum atomic E-state index is 12.5. The number of carbonyl (C=O) groups is 1. The predicted octanol–water partition coefficient (Wildman–Crippen LogP) is -0.494. The minimum atomic E-state index is -2.94. The third-order valence-electron chi connectivity index (χ3n) is 4.95. The van der Waals surface area contributed by atoms with E-state index in [2.05, 4.69) is 15.5 Å². The summed E-state index contributed by atoms with van der Waals surface area (Å²) in [7, 11) is -2.94. The molecule has 2 unspecified atom stereocenters. The Kier molecular flexibility index (Phi) is 4.51. The molecule has 6 nitrogen and oxygen atoms in total. The Bertz CT molecular complexity index is 488. The van der Waals surface area contributed by atoms with Gasteiger partial charge in [0.1, 0.15) is 0 Å². The van der Waals surface area contributed by atoms with E-state index in [1.807, 2.05) is 0 Å². The van der Waals surface area contributed by atoms with Crippen molar-refractivity contribution in [1.82, 2.24) is 15.5 Å². The number of hydrogen-bond donors (Lipinski definition) is 2. The molecule has 0 bridgehead atoms. The van der Waals surface area contributed by atoms with E-state index >= 15 is 0 Å². The molecule has 7 heteroatoms. The van der Waals surface area contributed by atoms with E-state index in [1.54, 1.807) is 0 Å². The van der Waals surface area contributed by atoms with E-state index in [-0.39, 0.29) is 29.5 Å². The fraction of sp³-hybridized carbons (Fsp3) is 0.929. The number of amides is 1. The topological polar surface area (TPSA) is 78.5 Å². The SMILES string of the molecule is O=C(NC1CCS(=O)(=O)C1)C1CCCN1C1CCNCC1. The predicted molar refractivity (Wildman–Crippen MR) is 80.8 cm³/mol. The molecule has 3 fully saturated rings. The quantitative estimate of drug-likeness (QED) is 0.734. The highest BCUT2D eigenvalue weighted by molar-refractivity contribution is 7.91. The second kappa shape index (κ2) is 6.22. The number of likely N-dealkylation sites (tertiary alicyclic amines) is 1. The number of sulfone groups is 1. The third kappa shape index (κ3) is 3.57. The molecule has 21 heavy (non-hydrogen) atoms. The number of nitrogens with one attached hydrogen (secondary N) is 2. The molecule has 1 amide bonds. The average molecular weight is 315 g/mol. The lowest BCUT2D eigenvalue weighted by Crippen LogP contribution is -2.52. The van der Waals surface area contributed by atoms with E-state index in [9.17, 15) is 13.2 Å². The summed E-state index contributed by atoms with van der Waals surface area (Å²) in [5.74, 6) is 0.354. The molecule has 0 aromatic carbocycles.